The fraction of sp³-hybridized carbons (Fsp3) is 0.100. The number of aryl methyl sites for hydroxylation is 1. The molecule has 2 heterocycles. The molecule has 0 spiro atoms. The van der Waals surface area contributed by atoms with Gasteiger partial charge in [0.15, 0.2) is 5.82 Å². The first-order chi connectivity index (χ1) is 7.58. The van der Waals surface area contributed by atoms with Gasteiger partial charge in [-0.1, -0.05) is 11.6 Å². The highest BCUT2D eigenvalue weighted by molar-refractivity contribution is 9.10. The van der Waals surface area contributed by atoms with Crippen LogP contribution in [0, 0.1) is 6.92 Å². The van der Waals surface area contributed by atoms with Crippen molar-refractivity contribution in [2.45, 2.75) is 6.92 Å². The van der Waals surface area contributed by atoms with Crippen molar-refractivity contribution in [1.29, 1.82) is 0 Å². The zero-order valence-corrected chi connectivity index (χ0v) is 12.1. The molecule has 0 aromatic carbocycles. The van der Waals surface area contributed by atoms with Gasteiger partial charge in [-0.05, 0) is 44.8 Å². The fourth-order valence-corrected chi connectivity index (χ4v) is 1.95. The summed E-state index contributed by atoms with van der Waals surface area (Å²) in [6.07, 6.45) is 3.40. The van der Waals surface area contributed by atoms with Gasteiger partial charge >= 0.3 is 0 Å². The van der Waals surface area contributed by atoms with E-state index in [1.807, 2.05) is 13.0 Å². The van der Waals surface area contributed by atoms with Crippen molar-refractivity contribution >= 4 is 43.5 Å². The number of hydrogen-bond acceptors (Lipinski definition) is 3. The quantitative estimate of drug-likeness (QED) is 0.718. The molecule has 0 bridgehead atoms. The van der Waals surface area contributed by atoms with Crippen molar-refractivity contribution in [3.63, 3.8) is 0 Å². The van der Waals surface area contributed by atoms with E-state index in [1.54, 1.807) is 12.4 Å². The molecule has 16 heavy (non-hydrogen) atoms. The van der Waals surface area contributed by atoms with Crippen LogP contribution in [-0.2, 0) is 0 Å². The minimum atomic E-state index is 0.405. The zero-order valence-electron chi connectivity index (χ0n) is 8.21. The van der Waals surface area contributed by atoms with Crippen molar-refractivity contribution in [2.24, 2.45) is 0 Å². The van der Waals surface area contributed by atoms with Crippen LogP contribution in [0.5, 0.6) is 0 Å². The lowest BCUT2D eigenvalue weighted by atomic mass is 10.2. The van der Waals surface area contributed by atoms with Gasteiger partial charge in [-0.25, -0.2) is 9.97 Å². The van der Waals surface area contributed by atoms with Gasteiger partial charge in [-0.2, -0.15) is 0 Å². The monoisotopic (exact) mass is 361 g/mol. The summed E-state index contributed by atoms with van der Waals surface area (Å²) in [7, 11) is 0. The SMILES string of the molecule is Cc1nc(-c2cncc(Br)c2)nc(Cl)c1Br. The summed E-state index contributed by atoms with van der Waals surface area (Å²) in [6, 6.07) is 1.89. The maximum absolute atomic E-state index is 5.98. The van der Waals surface area contributed by atoms with E-state index in [2.05, 4.69) is 46.8 Å². The first-order valence-corrected chi connectivity index (χ1v) is 6.35. The molecule has 0 atom stereocenters. The summed E-state index contributed by atoms with van der Waals surface area (Å²) >= 11 is 12.6. The minimum absolute atomic E-state index is 0.405. The molecule has 82 valence electrons. The lowest BCUT2D eigenvalue weighted by Crippen LogP contribution is -1.94. The van der Waals surface area contributed by atoms with E-state index in [1.165, 1.54) is 0 Å². The third-order valence-electron chi connectivity index (χ3n) is 1.94. The van der Waals surface area contributed by atoms with Crippen molar-refractivity contribution < 1.29 is 0 Å². The van der Waals surface area contributed by atoms with E-state index in [9.17, 15) is 0 Å². The summed E-state index contributed by atoms with van der Waals surface area (Å²) in [5.41, 5.74) is 1.63. The van der Waals surface area contributed by atoms with E-state index in [-0.39, 0.29) is 0 Å². The van der Waals surface area contributed by atoms with Crippen molar-refractivity contribution in [3.05, 3.63) is 38.3 Å². The zero-order chi connectivity index (χ0) is 11.7. The van der Waals surface area contributed by atoms with Gasteiger partial charge in [0.1, 0.15) is 5.15 Å². The Labute approximate surface area is 115 Å². The molecule has 6 heteroatoms. The average molecular weight is 363 g/mol. The molecule has 2 aromatic heterocycles. The Morgan fingerprint density at radius 3 is 2.56 bits per heavy atom. The molecule has 0 fully saturated rings. The van der Waals surface area contributed by atoms with Gasteiger partial charge in [0, 0.05) is 22.4 Å². The van der Waals surface area contributed by atoms with Crippen LogP contribution in [0.2, 0.25) is 5.15 Å². The van der Waals surface area contributed by atoms with Crippen LogP contribution in [0.25, 0.3) is 11.4 Å². The van der Waals surface area contributed by atoms with E-state index in [0.717, 1.165) is 20.2 Å². The van der Waals surface area contributed by atoms with Crippen molar-refractivity contribution in [2.75, 3.05) is 0 Å². The molecule has 0 aliphatic rings. The van der Waals surface area contributed by atoms with Crippen LogP contribution in [-0.4, -0.2) is 15.0 Å². The number of hydrogen-bond donors (Lipinski definition) is 0. The van der Waals surface area contributed by atoms with Crippen LogP contribution in [0.1, 0.15) is 5.69 Å². The summed E-state index contributed by atoms with van der Waals surface area (Å²) < 4.78 is 1.60. The molecule has 0 N–H and O–H groups in total. The van der Waals surface area contributed by atoms with Gasteiger partial charge in [0.05, 0.1) is 10.2 Å². The van der Waals surface area contributed by atoms with Crippen LogP contribution in [0.4, 0.5) is 0 Å². The standard InChI is InChI=1S/C10H6Br2ClN3/c1-5-8(12)9(13)16-10(15-5)6-2-7(11)4-14-3-6/h2-4H,1H3. The Balaban J connectivity index is 2.57. The van der Waals surface area contributed by atoms with Crippen LogP contribution < -0.4 is 0 Å². The molecule has 3 nitrogen and oxygen atoms in total. The molecule has 0 amide bonds. The van der Waals surface area contributed by atoms with Gasteiger partial charge in [-0.3, -0.25) is 4.98 Å². The summed E-state index contributed by atoms with van der Waals surface area (Å²) in [5.74, 6) is 0.569. The largest absolute Gasteiger partial charge is 0.263 e. The number of aromatic nitrogens is 3. The summed E-state index contributed by atoms with van der Waals surface area (Å²) in [4.78, 5) is 12.6. The summed E-state index contributed by atoms with van der Waals surface area (Å²) in [5, 5.41) is 0.405. The highest BCUT2D eigenvalue weighted by Crippen LogP contribution is 2.26. The molecular formula is C10H6Br2ClN3. The molecule has 2 aromatic rings. The number of halogens is 3. The molecule has 0 unspecified atom stereocenters. The normalized spacial score (nSPS) is 10.5. The maximum Gasteiger partial charge on any atom is 0.162 e. The Morgan fingerprint density at radius 1 is 1.19 bits per heavy atom. The van der Waals surface area contributed by atoms with Crippen molar-refractivity contribution in [1.82, 2.24) is 15.0 Å². The predicted molar refractivity (Wildman–Crippen MR) is 70.4 cm³/mol. The number of pyridine rings is 1. The second kappa shape index (κ2) is 4.77. The van der Waals surface area contributed by atoms with E-state index < -0.39 is 0 Å². The number of nitrogens with zero attached hydrogens (tertiary/aromatic N) is 3. The topological polar surface area (TPSA) is 38.7 Å². The number of rotatable bonds is 1. The Kier molecular flexibility index (Phi) is 3.56. The lowest BCUT2D eigenvalue weighted by Gasteiger charge is -2.04. The molecular weight excluding hydrogens is 357 g/mol. The van der Waals surface area contributed by atoms with Gasteiger partial charge < -0.3 is 0 Å². The third-order valence-corrected chi connectivity index (χ3v) is 3.82. The maximum atomic E-state index is 5.98. The van der Waals surface area contributed by atoms with E-state index in [0.29, 0.717) is 11.0 Å². The van der Waals surface area contributed by atoms with Gasteiger partial charge in [0.2, 0.25) is 0 Å². The molecule has 2 rings (SSSR count). The van der Waals surface area contributed by atoms with Crippen LogP contribution in [0.3, 0.4) is 0 Å². The highest BCUT2D eigenvalue weighted by Gasteiger charge is 2.09. The molecule has 0 radical (unpaired) electrons. The Hall–Kier alpha value is -0.520. The van der Waals surface area contributed by atoms with Gasteiger partial charge in [-0.15, -0.1) is 0 Å². The molecule has 0 saturated carbocycles. The second-order valence-corrected chi connectivity index (χ2v) is 5.20. The molecule has 0 aliphatic heterocycles. The predicted octanol–water partition coefficient (Wildman–Crippen LogP) is 4.03. The molecule has 0 aliphatic carbocycles. The van der Waals surface area contributed by atoms with Crippen molar-refractivity contribution in [3.8, 4) is 11.4 Å². The first-order valence-electron chi connectivity index (χ1n) is 4.38. The summed E-state index contributed by atoms with van der Waals surface area (Å²) in [6.45, 7) is 1.87. The van der Waals surface area contributed by atoms with Crippen LogP contribution >= 0.6 is 43.5 Å². The van der Waals surface area contributed by atoms with Gasteiger partial charge in [0.25, 0.3) is 0 Å². The average Bonchev–Trinajstić information content (AvgIpc) is 2.25. The van der Waals surface area contributed by atoms with Crippen LogP contribution in [0.15, 0.2) is 27.4 Å². The third kappa shape index (κ3) is 2.42. The second-order valence-electron chi connectivity index (χ2n) is 3.13. The lowest BCUT2D eigenvalue weighted by molar-refractivity contribution is 1.09. The first kappa shape index (κ1) is 12.0. The van der Waals surface area contributed by atoms with E-state index >= 15 is 0 Å². The van der Waals surface area contributed by atoms with E-state index in [4.69, 9.17) is 11.6 Å². The Morgan fingerprint density at radius 2 is 1.94 bits per heavy atom. The minimum Gasteiger partial charge on any atom is -0.263 e. The highest BCUT2D eigenvalue weighted by atomic mass is 79.9. The Bertz CT molecular complexity index is 522. The smallest absolute Gasteiger partial charge is 0.162 e. The fourth-order valence-electron chi connectivity index (χ4n) is 1.19. The molecule has 0 saturated heterocycles.